The Kier molecular flexibility index (Phi) is 4.79. The number of hydrogen-bond donors (Lipinski definition) is 1. The lowest BCUT2D eigenvalue weighted by Gasteiger charge is -2.11. The molecule has 82 valence electrons. The van der Waals surface area contributed by atoms with Crippen molar-refractivity contribution in [2.24, 2.45) is 0 Å². The summed E-state index contributed by atoms with van der Waals surface area (Å²) in [5, 5.41) is 10.0. The molecule has 0 saturated heterocycles. The number of benzene rings is 1. The van der Waals surface area contributed by atoms with Crippen molar-refractivity contribution >= 4 is 11.6 Å². The van der Waals surface area contributed by atoms with Crippen LogP contribution in [0.1, 0.15) is 30.9 Å². The zero-order valence-electron chi connectivity index (χ0n) is 8.42. The van der Waals surface area contributed by atoms with Crippen molar-refractivity contribution in [3.63, 3.8) is 0 Å². The molecule has 0 bridgehead atoms. The molecule has 0 radical (unpaired) electrons. The molecular formula is C12H14ClFO. The number of halogens is 2. The first kappa shape index (κ1) is 12.2. The molecule has 0 aromatic heterocycles. The van der Waals surface area contributed by atoms with Crippen LogP contribution in [0, 0.1) is 5.82 Å². The van der Waals surface area contributed by atoms with Gasteiger partial charge in [0.1, 0.15) is 5.82 Å². The van der Waals surface area contributed by atoms with Crippen molar-refractivity contribution in [2.75, 3.05) is 0 Å². The molecule has 0 saturated carbocycles. The van der Waals surface area contributed by atoms with Gasteiger partial charge in [-0.1, -0.05) is 23.7 Å². The van der Waals surface area contributed by atoms with Gasteiger partial charge in [-0.3, -0.25) is 0 Å². The normalized spacial score (nSPS) is 12.5. The maximum atomic E-state index is 13.3. The van der Waals surface area contributed by atoms with Crippen molar-refractivity contribution in [1.82, 2.24) is 0 Å². The highest BCUT2D eigenvalue weighted by Gasteiger charge is 2.12. The minimum atomic E-state index is -0.762. The molecule has 3 heteroatoms. The van der Waals surface area contributed by atoms with Crippen LogP contribution in [-0.2, 0) is 0 Å². The lowest BCUT2D eigenvalue weighted by atomic mass is 10.0. The van der Waals surface area contributed by atoms with Gasteiger partial charge in [0.05, 0.1) is 6.10 Å². The third-order valence-corrected chi connectivity index (χ3v) is 2.44. The van der Waals surface area contributed by atoms with Gasteiger partial charge >= 0.3 is 0 Å². The molecule has 0 aliphatic carbocycles. The molecule has 0 amide bonds. The molecule has 0 spiro atoms. The first-order valence-corrected chi connectivity index (χ1v) is 5.27. The van der Waals surface area contributed by atoms with E-state index in [1.807, 2.05) is 0 Å². The number of rotatable bonds is 5. The molecule has 1 aromatic carbocycles. The van der Waals surface area contributed by atoms with Crippen molar-refractivity contribution in [3.8, 4) is 0 Å². The zero-order valence-corrected chi connectivity index (χ0v) is 9.17. The number of aliphatic hydroxyl groups is 1. The van der Waals surface area contributed by atoms with E-state index in [1.165, 1.54) is 12.1 Å². The lowest BCUT2D eigenvalue weighted by Crippen LogP contribution is -2.00. The minimum absolute atomic E-state index is 0.309. The Hall–Kier alpha value is -0.860. The van der Waals surface area contributed by atoms with E-state index >= 15 is 0 Å². The van der Waals surface area contributed by atoms with E-state index in [0.717, 1.165) is 12.8 Å². The molecule has 1 nitrogen and oxygen atoms in total. The largest absolute Gasteiger partial charge is 0.388 e. The second kappa shape index (κ2) is 5.89. The molecule has 0 fully saturated rings. The van der Waals surface area contributed by atoms with E-state index in [4.69, 9.17) is 11.6 Å². The van der Waals surface area contributed by atoms with Crippen LogP contribution in [0.3, 0.4) is 0 Å². The van der Waals surface area contributed by atoms with Gasteiger partial charge in [0, 0.05) is 10.6 Å². The third-order valence-electron chi connectivity index (χ3n) is 2.21. The molecular weight excluding hydrogens is 215 g/mol. The van der Waals surface area contributed by atoms with E-state index in [-0.39, 0.29) is 0 Å². The van der Waals surface area contributed by atoms with E-state index in [1.54, 1.807) is 12.1 Å². The standard InChI is InChI=1S/C12H14ClFO/c1-2-3-4-5-12(15)10-7-6-9(13)8-11(10)14/h2,6-8,12,15H,1,3-5H2. The summed E-state index contributed by atoms with van der Waals surface area (Å²) in [6, 6.07) is 4.32. The number of allylic oxidation sites excluding steroid dienone is 1. The Labute approximate surface area is 94.2 Å². The average Bonchev–Trinajstić information content (AvgIpc) is 2.17. The van der Waals surface area contributed by atoms with Gasteiger partial charge < -0.3 is 5.11 Å². The third kappa shape index (κ3) is 3.65. The van der Waals surface area contributed by atoms with Crippen molar-refractivity contribution < 1.29 is 9.50 Å². The Balaban J connectivity index is 2.64. The summed E-state index contributed by atoms with van der Waals surface area (Å²) < 4.78 is 13.3. The minimum Gasteiger partial charge on any atom is -0.388 e. The summed E-state index contributed by atoms with van der Waals surface area (Å²) in [6.45, 7) is 3.59. The van der Waals surface area contributed by atoms with Gasteiger partial charge in [-0.25, -0.2) is 4.39 Å². The van der Waals surface area contributed by atoms with Crippen LogP contribution in [0.5, 0.6) is 0 Å². The first-order valence-electron chi connectivity index (χ1n) is 4.89. The summed E-state index contributed by atoms with van der Waals surface area (Å²) >= 11 is 5.61. The van der Waals surface area contributed by atoms with E-state index in [9.17, 15) is 9.50 Å². The Morgan fingerprint density at radius 3 is 2.87 bits per heavy atom. The fourth-order valence-corrected chi connectivity index (χ4v) is 1.54. The number of hydrogen-bond acceptors (Lipinski definition) is 1. The Morgan fingerprint density at radius 2 is 2.27 bits per heavy atom. The topological polar surface area (TPSA) is 20.2 Å². The number of unbranched alkanes of at least 4 members (excludes halogenated alkanes) is 1. The van der Waals surface area contributed by atoms with Crippen LogP contribution in [0.15, 0.2) is 30.9 Å². The van der Waals surface area contributed by atoms with Gasteiger partial charge in [-0.15, -0.1) is 6.58 Å². The summed E-state index contributed by atoms with van der Waals surface area (Å²) in [6.07, 6.45) is 3.18. The first-order chi connectivity index (χ1) is 7.15. The second-order valence-corrected chi connectivity index (χ2v) is 3.84. The van der Waals surface area contributed by atoms with Gasteiger partial charge in [0.15, 0.2) is 0 Å². The fourth-order valence-electron chi connectivity index (χ4n) is 1.38. The van der Waals surface area contributed by atoms with Crippen LogP contribution in [0.25, 0.3) is 0 Å². The molecule has 1 unspecified atom stereocenters. The molecule has 0 aliphatic heterocycles. The molecule has 15 heavy (non-hydrogen) atoms. The molecule has 1 rings (SSSR count). The average molecular weight is 229 g/mol. The molecule has 0 aliphatic rings. The summed E-state index contributed by atoms with van der Waals surface area (Å²) in [7, 11) is 0. The monoisotopic (exact) mass is 228 g/mol. The van der Waals surface area contributed by atoms with Gasteiger partial charge in [0.2, 0.25) is 0 Å². The van der Waals surface area contributed by atoms with Crippen LogP contribution >= 0.6 is 11.6 Å². The Morgan fingerprint density at radius 1 is 1.53 bits per heavy atom. The van der Waals surface area contributed by atoms with Crippen molar-refractivity contribution in [2.45, 2.75) is 25.4 Å². The van der Waals surface area contributed by atoms with E-state index < -0.39 is 11.9 Å². The van der Waals surface area contributed by atoms with E-state index in [2.05, 4.69) is 6.58 Å². The Bertz CT molecular complexity index is 338. The molecule has 1 N–H and O–H groups in total. The highest BCUT2D eigenvalue weighted by molar-refractivity contribution is 6.30. The van der Waals surface area contributed by atoms with Crippen LogP contribution in [0.2, 0.25) is 5.02 Å². The van der Waals surface area contributed by atoms with Gasteiger partial charge in [0.25, 0.3) is 0 Å². The predicted molar refractivity (Wildman–Crippen MR) is 60.4 cm³/mol. The van der Waals surface area contributed by atoms with Crippen LogP contribution in [0.4, 0.5) is 4.39 Å². The molecule has 1 aromatic rings. The summed E-state index contributed by atoms with van der Waals surface area (Å²) in [4.78, 5) is 0. The van der Waals surface area contributed by atoms with Crippen LogP contribution < -0.4 is 0 Å². The summed E-state index contributed by atoms with van der Waals surface area (Å²) in [5.74, 6) is -0.450. The fraction of sp³-hybridized carbons (Fsp3) is 0.333. The highest BCUT2D eigenvalue weighted by Crippen LogP contribution is 2.24. The van der Waals surface area contributed by atoms with Crippen LogP contribution in [-0.4, -0.2) is 5.11 Å². The maximum absolute atomic E-state index is 13.3. The number of aliphatic hydroxyl groups excluding tert-OH is 1. The SMILES string of the molecule is C=CCCCC(O)c1ccc(Cl)cc1F. The smallest absolute Gasteiger partial charge is 0.130 e. The van der Waals surface area contributed by atoms with Crippen molar-refractivity contribution in [1.29, 1.82) is 0 Å². The summed E-state index contributed by atoms with van der Waals surface area (Å²) in [5.41, 5.74) is 0.309. The zero-order chi connectivity index (χ0) is 11.3. The van der Waals surface area contributed by atoms with Gasteiger partial charge in [-0.05, 0) is 31.4 Å². The molecule has 0 heterocycles. The predicted octanol–water partition coefficient (Wildman–Crippen LogP) is 3.87. The van der Waals surface area contributed by atoms with Gasteiger partial charge in [-0.2, -0.15) is 0 Å². The quantitative estimate of drug-likeness (QED) is 0.599. The second-order valence-electron chi connectivity index (χ2n) is 3.40. The van der Waals surface area contributed by atoms with E-state index in [0.29, 0.717) is 17.0 Å². The highest BCUT2D eigenvalue weighted by atomic mass is 35.5. The van der Waals surface area contributed by atoms with Crippen molar-refractivity contribution in [3.05, 3.63) is 47.3 Å². The maximum Gasteiger partial charge on any atom is 0.130 e. The molecule has 1 atom stereocenters. The lowest BCUT2D eigenvalue weighted by molar-refractivity contribution is 0.160.